The lowest BCUT2D eigenvalue weighted by Crippen LogP contribution is -2.35. The van der Waals surface area contributed by atoms with Gasteiger partial charge in [-0.15, -0.1) is 0 Å². The van der Waals surface area contributed by atoms with E-state index in [4.69, 9.17) is 5.26 Å². The number of pyridine rings is 1. The summed E-state index contributed by atoms with van der Waals surface area (Å²) < 4.78 is 26.1. The van der Waals surface area contributed by atoms with Gasteiger partial charge in [0, 0.05) is 49.9 Å². The van der Waals surface area contributed by atoms with Crippen molar-refractivity contribution in [1.29, 1.82) is 5.26 Å². The fourth-order valence-electron chi connectivity index (χ4n) is 3.98. The van der Waals surface area contributed by atoms with Gasteiger partial charge in [-0.1, -0.05) is 0 Å². The lowest BCUT2D eigenvalue weighted by atomic mass is 10.0. The van der Waals surface area contributed by atoms with Gasteiger partial charge in [0.1, 0.15) is 22.7 Å². The monoisotopic (exact) mass is 386 g/mol. The third-order valence-corrected chi connectivity index (χ3v) is 5.94. The second-order valence-corrected chi connectivity index (χ2v) is 9.32. The lowest BCUT2D eigenvalue weighted by molar-refractivity contribution is 0.190. The van der Waals surface area contributed by atoms with Crippen LogP contribution in [0.4, 0.5) is 0 Å². The second-order valence-electron chi connectivity index (χ2n) is 7.18. The van der Waals surface area contributed by atoms with Gasteiger partial charge in [-0.25, -0.2) is 18.4 Å². The number of fused-ring (bicyclic) bond motifs is 3. The predicted octanol–water partition coefficient (Wildman–Crippen LogP) is 2.01. The molecule has 1 aliphatic rings. The molecule has 0 unspecified atom stereocenters. The van der Waals surface area contributed by atoms with Gasteiger partial charge in [0.2, 0.25) is 0 Å². The molecule has 4 rings (SSSR count). The van der Waals surface area contributed by atoms with Crippen LogP contribution in [0.3, 0.4) is 0 Å². The van der Waals surface area contributed by atoms with Crippen LogP contribution in [0, 0.1) is 11.3 Å². The van der Waals surface area contributed by atoms with Gasteiger partial charge in [0.05, 0.1) is 17.8 Å². The summed E-state index contributed by atoms with van der Waals surface area (Å²) in [5.41, 5.74) is 2.46. The van der Waals surface area contributed by atoms with Crippen LogP contribution >= 0.6 is 0 Å². The van der Waals surface area contributed by atoms with Crippen LogP contribution in [0.15, 0.2) is 18.5 Å². The minimum atomic E-state index is -3.21. The summed E-state index contributed by atoms with van der Waals surface area (Å²) in [5.74, 6) is 0.501. The van der Waals surface area contributed by atoms with Crippen molar-refractivity contribution < 1.29 is 8.42 Å². The number of hydrogen-bond donors (Lipinski definition) is 1. The molecule has 1 N–H and O–H groups in total. The molecule has 0 atom stereocenters. The Morgan fingerprint density at radius 2 is 2.15 bits per heavy atom. The lowest BCUT2D eigenvalue weighted by Gasteiger charge is -2.33. The predicted molar refractivity (Wildman–Crippen MR) is 103 cm³/mol. The molecule has 1 fully saturated rings. The van der Waals surface area contributed by atoms with E-state index in [1.807, 2.05) is 12.3 Å². The van der Waals surface area contributed by atoms with Crippen LogP contribution in [0.25, 0.3) is 22.1 Å². The molecular formula is C18H22N6O2S. The highest BCUT2D eigenvalue weighted by Gasteiger charge is 2.27. The zero-order valence-corrected chi connectivity index (χ0v) is 16.0. The minimum Gasteiger partial charge on any atom is -0.346 e. The van der Waals surface area contributed by atoms with Gasteiger partial charge >= 0.3 is 0 Å². The SMILES string of the molecule is CS(=O)(=O)Cc1nc2cnc3[nH]ccc3c2n1C1CCN(CCC#N)CC1. The van der Waals surface area contributed by atoms with E-state index in [1.54, 1.807) is 6.20 Å². The molecule has 9 heteroatoms. The van der Waals surface area contributed by atoms with Crippen molar-refractivity contribution in [2.24, 2.45) is 0 Å². The van der Waals surface area contributed by atoms with E-state index in [0.29, 0.717) is 12.2 Å². The van der Waals surface area contributed by atoms with Crippen molar-refractivity contribution in [3.63, 3.8) is 0 Å². The average molecular weight is 386 g/mol. The Kier molecular flexibility index (Phi) is 4.61. The van der Waals surface area contributed by atoms with Gasteiger partial charge in [-0.2, -0.15) is 5.26 Å². The van der Waals surface area contributed by atoms with Crippen LogP contribution in [0.1, 0.15) is 31.1 Å². The maximum atomic E-state index is 12.0. The van der Waals surface area contributed by atoms with E-state index in [9.17, 15) is 8.42 Å². The molecule has 1 aliphatic heterocycles. The number of aromatic amines is 1. The number of aromatic nitrogens is 4. The number of piperidine rings is 1. The summed E-state index contributed by atoms with van der Waals surface area (Å²) in [7, 11) is -3.21. The van der Waals surface area contributed by atoms with Gasteiger partial charge in [0.15, 0.2) is 9.84 Å². The summed E-state index contributed by atoms with van der Waals surface area (Å²) >= 11 is 0. The number of sulfone groups is 1. The summed E-state index contributed by atoms with van der Waals surface area (Å²) in [4.78, 5) is 14.4. The number of hydrogen-bond acceptors (Lipinski definition) is 6. The van der Waals surface area contributed by atoms with Crippen LogP contribution in [-0.2, 0) is 15.6 Å². The van der Waals surface area contributed by atoms with Crippen molar-refractivity contribution in [2.75, 3.05) is 25.9 Å². The Morgan fingerprint density at radius 3 is 2.85 bits per heavy atom. The van der Waals surface area contributed by atoms with Gasteiger partial charge in [-0.05, 0) is 18.9 Å². The number of likely N-dealkylation sites (tertiary alicyclic amines) is 1. The number of H-pyrrole nitrogens is 1. The fraction of sp³-hybridized carbons (Fsp3) is 0.500. The number of nitriles is 1. The Bertz CT molecular complexity index is 1120. The Morgan fingerprint density at radius 1 is 1.37 bits per heavy atom. The van der Waals surface area contributed by atoms with E-state index < -0.39 is 9.84 Å². The van der Waals surface area contributed by atoms with E-state index >= 15 is 0 Å². The summed E-state index contributed by atoms with van der Waals surface area (Å²) in [5, 5.41) is 9.75. The number of nitrogens with zero attached hydrogens (tertiary/aromatic N) is 5. The van der Waals surface area contributed by atoms with Crippen molar-refractivity contribution in [3.8, 4) is 6.07 Å². The molecule has 3 aromatic rings. The maximum absolute atomic E-state index is 12.0. The number of nitrogens with one attached hydrogen (secondary N) is 1. The largest absolute Gasteiger partial charge is 0.346 e. The highest BCUT2D eigenvalue weighted by molar-refractivity contribution is 7.89. The molecule has 27 heavy (non-hydrogen) atoms. The molecule has 0 spiro atoms. The highest BCUT2D eigenvalue weighted by atomic mass is 32.2. The van der Waals surface area contributed by atoms with Crippen molar-refractivity contribution >= 4 is 31.9 Å². The van der Waals surface area contributed by atoms with Gasteiger partial charge in [-0.3, -0.25) is 0 Å². The van der Waals surface area contributed by atoms with Gasteiger partial charge < -0.3 is 14.5 Å². The van der Waals surface area contributed by atoms with E-state index in [2.05, 4.69) is 30.5 Å². The van der Waals surface area contributed by atoms with Crippen molar-refractivity contribution in [1.82, 2.24) is 24.4 Å². The molecule has 0 radical (unpaired) electrons. The summed E-state index contributed by atoms with van der Waals surface area (Å²) in [6.45, 7) is 2.58. The third kappa shape index (κ3) is 3.55. The Hall–Kier alpha value is -2.44. The minimum absolute atomic E-state index is 0.0811. The van der Waals surface area contributed by atoms with E-state index in [-0.39, 0.29) is 11.8 Å². The van der Waals surface area contributed by atoms with Crippen molar-refractivity contribution in [3.05, 3.63) is 24.3 Å². The normalized spacial score (nSPS) is 16.9. The zero-order chi connectivity index (χ0) is 19.0. The molecule has 0 amide bonds. The molecule has 3 aromatic heterocycles. The average Bonchev–Trinajstić information content (AvgIpc) is 3.22. The van der Waals surface area contributed by atoms with E-state index in [0.717, 1.165) is 54.5 Å². The standard InChI is InChI=1S/C18H22N6O2S/c1-27(25,26)12-16-22-15-11-21-18-14(3-7-20-18)17(15)24(16)13-4-9-23(10-5-13)8-2-6-19/h3,7,11,13H,2,4-5,8-10,12H2,1H3,(H,20,21). The van der Waals surface area contributed by atoms with Crippen LogP contribution < -0.4 is 0 Å². The molecular weight excluding hydrogens is 364 g/mol. The zero-order valence-electron chi connectivity index (χ0n) is 15.2. The highest BCUT2D eigenvalue weighted by Crippen LogP contribution is 2.32. The first kappa shape index (κ1) is 17.9. The van der Waals surface area contributed by atoms with Crippen LogP contribution in [-0.4, -0.2) is 58.7 Å². The summed E-state index contributed by atoms with van der Waals surface area (Å²) in [6.07, 6.45) is 7.14. The first-order valence-electron chi connectivity index (χ1n) is 9.06. The fourth-order valence-corrected chi connectivity index (χ4v) is 4.65. The molecule has 142 valence electrons. The second kappa shape index (κ2) is 6.94. The Balaban J connectivity index is 1.76. The third-order valence-electron chi connectivity index (χ3n) is 5.16. The van der Waals surface area contributed by atoms with E-state index in [1.165, 1.54) is 6.26 Å². The molecule has 0 aromatic carbocycles. The molecule has 0 saturated carbocycles. The first-order valence-corrected chi connectivity index (χ1v) is 11.1. The number of imidazole rings is 1. The Labute approximate surface area is 157 Å². The van der Waals surface area contributed by atoms with Crippen molar-refractivity contribution in [2.45, 2.75) is 31.1 Å². The molecule has 1 saturated heterocycles. The smallest absolute Gasteiger partial charge is 0.154 e. The van der Waals surface area contributed by atoms with Crippen LogP contribution in [0.5, 0.6) is 0 Å². The molecule has 0 bridgehead atoms. The molecule has 0 aliphatic carbocycles. The molecule has 8 nitrogen and oxygen atoms in total. The summed E-state index contributed by atoms with van der Waals surface area (Å²) in [6, 6.07) is 4.35. The molecule has 4 heterocycles. The number of rotatable bonds is 5. The van der Waals surface area contributed by atoms with Crippen LogP contribution in [0.2, 0.25) is 0 Å². The first-order chi connectivity index (χ1) is 13.0. The maximum Gasteiger partial charge on any atom is 0.154 e. The van der Waals surface area contributed by atoms with Gasteiger partial charge in [0.25, 0.3) is 0 Å². The quantitative estimate of drug-likeness (QED) is 0.719. The topological polar surface area (TPSA) is 108 Å².